The Labute approximate surface area is 118 Å². The number of halogens is 2. The number of hydrogen-bond donors (Lipinski definition) is 1. The van der Waals surface area contributed by atoms with Crippen molar-refractivity contribution in [3.8, 4) is 0 Å². The van der Waals surface area contributed by atoms with Crippen molar-refractivity contribution in [3.05, 3.63) is 16.1 Å². The Balaban J connectivity index is 2.07. The summed E-state index contributed by atoms with van der Waals surface area (Å²) in [6.07, 6.45) is 4.98. The van der Waals surface area contributed by atoms with Gasteiger partial charge in [0.05, 0.1) is 10.0 Å². The predicted octanol–water partition coefficient (Wildman–Crippen LogP) is 3.99. The van der Waals surface area contributed by atoms with Gasteiger partial charge < -0.3 is 10.6 Å². The molecule has 18 heavy (non-hydrogen) atoms. The van der Waals surface area contributed by atoms with Crippen molar-refractivity contribution in [1.82, 2.24) is 4.98 Å². The molecule has 1 aromatic heterocycles. The van der Waals surface area contributed by atoms with Crippen LogP contribution in [0.4, 0.5) is 11.6 Å². The SMILES string of the molecule is CCCC1CCN(c2nc(N)c(Cl)cc2Cl)CC1. The maximum Gasteiger partial charge on any atom is 0.149 e. The second-order valence-electron chi connectivity index (χ2n) is 4.88. The molecule has 0 aromatic carbocycles. The Morgan fingerprint density at radius 2 is 2.00 bits per heavy atom. The van der Waals surface area contributed by atoms with Crippen LogP contribution in [0, 0.1) is 5.92 Å². The number of hydrogen-bond acceptors (Lipinski definition) is 3. The zero-order valence-electron chi connectivity index (χ0n) is 10.6. The molecule has 2 heterocycles. The minimum Gasteiger partial charge on any atom is -0.382 e. The number of aromatic nitrogens is 1. The molecular weight excluding hydrogens is 269 g/mol. The van der Waals surface area contributed by atoms with Crippen molar-refractivity contribution in [2.45, 2.75) is 32.6 Å². The Bertz CT molecular complexity index is 415. The lowest BCUT2D eigenvalue weighted by molar-refractivity contribution is 0.377. The molecule has 0 amide bonds. The molecule has 2 N–H and O–H groups in total. The quantitative estimate of drug-likeness (QED) is 0.914. The summed E-state index contributed by atoms with van der Waals surface area (Å²) in [5, 5.41) is 1.01. The Morgan fingerprint density at radius 1 is 1.33 bits per heavy atom. The fourth-order valence-corrected chi connectivity index (χ4v) is 3.01. The maximum atomic E-state index is 6.19. The summed E-state index contributed by atoms with van der Waals surface area (Å²) < 4.78 is 0. The summed E-state index contributed by atoms with van der Waals surface area (Å²) >= 11 is 12.1. The minimum atomic E-state index is 0.353. The Hall–Kier alpha value is -0.670. The number of nitrogen functional groups attached to an aromatic ring is 1. The van der Waals surface area contributed by atoms with Crippen molar-refractivity contribution < 1.29 is 0 Å². The van der Waals surface area contributed by atoms with Crippen molar-refractivity contribution in [2.75, 3.05) is 23.7 Å². The summed E-state index contributed by atoms with van der Waals surface area (Å²) in [6.45, 7) is 4.24. The Morgan fingerprint density at radius 3 is 2.61 bits per heavy atom. The fraction of sp³-hybridized carbons (Fsp3) is 0.615. The molecule has 2 rings (SSSR count). The Kier molecular flexibility index (Phi) is 4.57. The van der Waals surface area contributed by atoms with Crippen LogP contribution in [0.3, 0.4) is 0 Å². The average molecular weight is 288 g/mol. The van der Waals surface area contributed by atoms with Crippen molar-refractivity contribution in [2.24, 2.45) is 5.92 Å². The van der Waals surface area contributed by atoms with Crippen molar-refractivity contribution in [3.63, 3.8) is 0 Å². The van der Waals surface area contributed by atoms with E-state index in [0.29, 0.717) is 15.9 Å². The molecule has 0 atom stereocenters. The summed E-state index contributed by atoms with van der Waals surface area (Å²) in [7, 11) is 0. The largest absolute Gasteiger partial charge is 0.382 e. The van der Waals surface area contributed by atoms with Crippen LogP contribution in [0.15, 0.2) is 6.07 Å². The zero-order chi connectivity index (χ0) is 13.1. The van der Waals surface area contributed by atoms with Gasteiger partial charge >= 0.3 is 0 Å². The topological polar surface area (TPSA) is 42.2 Å². The lowest BCUT2D eigenvalue weighted by Gasteiger charge is -2.33. The first kappa shape index (κ1) is 13.8. The number of piperidine rings is 1. The standard InChI is InChI=1S/C13H19Cl2N3/c1-2-3-9-4-6-18(7-5-9)13-11(15)8-10(14)12(16)17-13/h8-9H,2-7H2,1H3,(H2,16,17). The van der Waals surface area contributed by atoms with E-state index in [9.17, 15) is 0 Å². The van der Waals surface area contributed by atoms with Gasteiger partial charge in [-0.25, -0.2) is 4.98 Å². The van der Waals surface area contributed by atoms with Gasteiger partial charge in [0, 0.05) is 13.1 Å². The first-order valence-corrected chi connectivity index (χ1v) is 7.24. The molecule has 100 valence electrons. The smallest absolute Gasteiger partial charge is 0.149 e. The second kappa shape index (κ2) is 5.98. The molecule has 0 bridgehead atoms. The third-order valence-corrected chi connectivity index (χ3v) is 4.13. The van der Waals surface area contributed by atoms with Gasteiger partial charge in [0.15, 0.2) is 0 Å². The van der Waals surface area contributed by atoms with Gasteiger partial charge in [0.25, 0.3) is 0 Å². The maximum absolute atomic E-state index is 6.19. The highest BCUT2D eigenvalue weighted by molar-refractivity contribution is 6.37. The molecule has 1 aliphatic heterocycles. The molecule has 1 saturated heterocycles. The van der Waals surface area contributed by atoms with E-state index in [1.807, 2.05) is 0 Å². The van der Waals surface area contributed by atoms with Gasteiger partial charge in [-0.15, -0.1) is 0 Å². The molecule has 3 nitrogen and oxygen atoms in total. The van der Waals surface area contributed by atoms with Crippen molar-refractivity contribution in [1.29, 1.82) is 0 Å². The van der Waals surface area contributed by atoms with Crippen LogP contribution in [0.2, 0.25) is 10.0 Å². The van der Waals surface area contributed by atoms with Crippen LogP contribution >= 0.6 is 23.2 Å². The van der Waals surface area contributed by atoms with E-state index in [2.05, 4.69) is 16.8 Å². The van der Waals surface area contributed by atoms with Gasteiger partial charge in [0.2, 0.25) is 0 Å². The van der Waals surface area contributed by atoms with E-state index < -0.39 is 0 Å². The fourth-order valence-electron chi connectivity index (χ4n) is 2.53. The molecular formula is C13H19Cl2N3. The second-order valence-corrected chi connectivity index (χ2v) is 5.69. The van der Waals surface area contributed by atoms with Crippen molar-refractivity contribution >= 4 is 34.8 Å². The molecule has 0 spiro atoms. The first-order valence-electron chi connectivity index (χ1n) is 6.48. The highest BCUT2D eigenvalue weighted by atomic mass is 35.5. The van der Waals surface area contributed by atoms with E-state index in [-0.39, 0.29) is 0 Å². The third-order valence-electron chi connectivity index (χ3n) is 3.55. The van der Waals surface area contributed by atoms with Crippen LogP contribution in [0.5, 0.6) is 0 Å². The van der Waals surface area contributed by atoms with Gasteiger partial charge in [-0.2, -0.15) is 0 Å². The summed E-state index contributed by atoms with van der Waals surface area (Å²) in [6, 6.07) is 1.68. The molecule has 0 unspecified atom stereocenters. The number of anilines is 2. The van der Waals surface area contributed by atoms with E-state index in [4.69, 9.17) is 28.9 Å². The average Bonchev–Trinajstić information content (AvgIpc) is 2.35. The van der Waals surface area contributed by atoms with Gasteiger partial charge in [-0.05, 0) is 24.8 Å². The molecule has 5 heteroatoms. The summed E-state index contributed by atoms with van der Waals surface area (Å²) in [4.78, 5) is 6.52. The van der Waals surface area contributed by atoms with E-state index >= 15 is 0 Å². The normalized spacial score (nSPS) is 17.2. The van der Waals surface area contributed by atoms with E-state index in [0.717, 1.165) is 24.8 Å². The highest BCUT2D eigenvalue weighted by Crippen LogP contribution is 2.33. The van der Waals surface area contributed by atoms with Gasteiger partial charge in [-0.3, -0.25) is 0 Å². The monoisotopic (exact) mass is 287 g/mol. The highest BCUT2D eigenvalue weighted by Gasteiger charge is 2.21. The lowest BCUT2D eigenvalue weighted by atomic mass is 9.92. The summed E-state index contributed by atoms with van der Waals surface area (Å²) in [5.41, 5.74) is 5.74. The predicted molar refractivity (Wildman–Crippen MR) is 78.5 cm³/mol. The number of nitrogens with two attached hydrogens (primary N) is 1. The molecule has 0 saturated carbocycles. The number of pyridine rings is 1. The van der Waals surface area contributed by atoms with Gasteiger partial charge in [0.1, 0.15) is 11.6 Å². The first-order chi connectivity index (χ1) is 8.61. The molecule has 1 aliphatic rings. The van der Waals surface area contributed by atoms with Crippen LogP contribution < -0.4 is 10.6 Å². The molecule has 0 aliphatic carbocycles. The van der Waals surface area contributed by atoms with Crippen LogP contribution in [-0.2, 0) is 0 Å². The molecule has 1 aromatic rings. The minimum absolute atomic E-state index is 0.353. The number of nitrogens with zero attached hydrogens (tertiary/aromatic N) is 2. The van der Waals surface area contributed by atoms with E-state index in [1.165, 1.54) is 25.7 Å². The zero-order valence-corrected chi connectivity index (χ0v) is 12.1. The van der Waals surface area contributed by atoms with Crippen LogP contribution in [0.1, 0.15) is 32.6 Å². The molecule has 0 radical (unpaired) electrons. The van der Waals surface area contributed by atoms with Crippen LogP contribution in [-0.4, -0.2) is 18.1 Å². The van der Waals surface area contributed by atoms with Gasteiger partial charge in [-0.1, -0.05) is 43.0 Å². The number of rotatable bonds is 3. The van der Waals surface area contributed by atoms with E-state index in [1.54, 1.807) is 6.07 Å². The summed E-state index contributed by atoms with van der Waals surface area (Å²) in [5.74, 6) is 1.97. The molecule has 1 fully saturated rings. The lowest BCUT2D eigenvalue weighted by Crippen LogP contribution is -2.34. The third kappa shape index (κ3) is 3.01. The van der Waals surface area contributed by atoms with Crippen LogP contribution in [0.25, 0.3) is 0 Å².